The number of nitrogens with zero attached hydrogens (tertiary/aromatic N) is 2. The van der Waals surface area contributed by atoms with Crippen molar-refractivity contribution >= 4 is 39.3 Å². The number of hydrogen-bond donors (Lipinski definition) is 1. The van der Waals surface area contributed by atoms with Crippen LogP contribution in [0.4, 0.5) is 0 Å². The fraction of sp³-hybridized carbons (Fsp3) is 0. The van der Waals surface area contributed by atoms with Gasteiger partial charge in [0.1, 0.15) is 0 Å². The van der Waals surface area contributed by atoms with Crippen molar-refractivity contribution in [1.29, 1.82) is 0 Å². The highest BCUT2D eigenvalue weighted by Gasteiger charge is 2.03. The van der Waals surface area contributed by atoms with Crippen LogP contribution in [-0.2, 0) is 0 Å². The molecule has 0 bridgehead atoms. The molecule has 0 atom stereocenters. The highest BCUT2D eigenvalue weighted by Crippen LogP contribution is 2.19. The minimum absolute atomic E-state index is 0.0388. The van der Waals surface area contributed by atoms with E-state index < -0.39 is 0 Å². The van der Waals surface area contributed by atoms with Crippen molar-refractivity contribution in [3.8, 4) is 0 Å². The lowest BCUT2D eigenvalue weighted by atomic mass is 10.1. The number of halogens is 2. The summed E-state index contributed by atoms with van der Waals surface area (Å²) in [5, 5.41) is 12.9. The number of rotatable bonds is 1. The minimum atomic E-state index is 0.0388. The molecule has 76 valence electrons. The summed E-state index contributed by atoms with van der Waals surface area (Å²) >= 11 is 11.5. The third-order valence-corrected chi connectivity index (χ3v) is 2.47. The van der Waals surface area contributed by atoms with Gasteiger partial charge >= 0.3 is 0 Å². The number of pyridine rings is 1. The molecule has 5 heteroatoms. The molecule has 0 saturated heterocycles. The first kappa shape index (κ1) is 10.2. The van der Waals surface area contributed by atoms with Gasteiger partial charge in [0.2, 0.25) is 0 Å². The normalized spacial score (nSPS) is 12.0. The van der Waals surface area contributed by atoms with Gasteiger partial charge in [0, 0.05) is 17.1 Å². The van der Waals surface area contributed by atoms with Gasteiger partial charge in [-0.25, -0.2) is 0 Å². The van der Waals surface area contributed by atoms with Gasteiger partial charge in [-0.15, -0.1) is 0 Å². The molecule has 1 N–H and O–H groups in total. The summed E-state index contributed by atoms with van der Waals surface area (Å²) in [6.07, 6.45) is 1.57. The van der Waals surface area contributed by atoms with Gasteiger partial charge in [0.15, 0.2) is 5.17 Å². The van der Waals surface area contributed by atoms with Gasteiger partial charge in [-0.3, -0.25) is 4.98 Å². The highest BCUT2D eigenvalue weighted by molar-refractivity contribution is 6.69. The minimum Gasteiger partial charge on any atom is -0.410 e. The second kappa shape index (κ2) is 4.04. The van der Waals surface area contributed by atoms with Gasteiger partial charge in [-0.2, -0.15) is 0 Å². The third kappa shape index (κ3) is 2.03. The lowest BCUT2D eigenvalue weighted by molar-refractivity contribution is 0.321. The topological polar surface area (TPSA) is 45.5 Å². The number of hydrogen-bond acceptors (Lipinski definition) is 3. The zero-order chi connectivity index (χ0) is 10.8. The van der Waals surface area contributed by atoms with E-state index in [1.54, 1.807) is 30.5 Å². The largest absolute Gasteiger partial charge is 0.410 e. The Hall–Kier alpha value is -1.32. The summed E-state index contributed by atoms with van der Waals surface area (Å²) in [6.45, 7) is 0. The number of oxime groups is 1. The summed E-state index contributed by atoms with van der Waals surface area (Å²) < 4.78 is 0. The maximum absolute atomic E-state index is 8.53. The lowest BCUT2D eigenvalue weighted by Gasteiger charge is -2.00. The van der Waals surface area contributed by atoms with E-state index in [1.807, 2.05) is 0 Å². The summed E-state index contributed by atoms with van der Waals surface area (Å²) in [7, 11) is 0. The van der Waals surface area contributed by atoms with Crippen molar-refractivity contribution in [2.75, 3.05) is 0 Å². The van der Waals surface area contributed by atoms with Crippen LogP contribution in [0.3, 0.4) is 0 Å². The Balaban J connectivity index is 2.64. The fourth-order valence-electron chi connectivity index (χ4n) is 1.29. The summed E-state index contributed by atoms with van der Waals surface area (Å²) in [5.74, 6) is 0. The zero-order valence-electron chi connectivity index (χ0n) is 7.48. The summed E-state index contributed by atoms with van der Waals surface area (Å²) in [6, 6.07) is 7.05. The Bertz CT molecular complexity index is 540. The molecule has 0 aliphatic rings. The molecule has 0 saturated carbocycles. The summed E-state index contributed by atoms with van der Waals surface area (Å²) in [5.41, 5.74) is 1.43. The van der Waals surface area contributed by atoms with Crippen molar-refractivity contribution < 1.29 is 5.21 Å². The SMILES string of the molecule is O/N=C(\Cl)c1ccc2ncc(Cl)cc2c1. The average Bonchev–Trinajstić information content (AvgIpc) is 2.27. The Morgan fingerprint density at radius 3 is 2.87 bits per heavy atom. The van der Waals surface area contributed by atoms with Crippen LogP contribution in [-0.4, -0.2) is 15.4 Å². The van der Waals surface area contributed by atoms with Crippen molar-refractivity contribution in [3.05, 3.63) is 41.0 Å². The zero-order valence-corrected chi connectivity index (χ0v) is 9.00. The standard InChI is InChI=1S/C10H6Cl2N2O/c11-8-4-7-3-6(10(12)14-15)1-2-9(7)13-5-8/h1-5,15H/b14-10-. The number of aromatic nitrogens is 1. The van der Waals surface area contributed by atoms with Gasteiger partial charge < -0.3 is 5.21 Å². The molecular weight excluding hydrogens is 235 g/mol. The average molecular weight is 241 g/mol. The van der Waals surface area contributed by atoms with Crippen LogP contribution in [0, 0.1) is 0 Å². The lowest BCUT2D eigenvalue weighted by Crippen LogP contribution is -1.91. The van der Waals surface area contributed by atoms with E-state index in [0.29, 0.717) is 10.6 Å². The first-order valence-electron chi connectivity index (χ1n) is 4.14. The van der Waals surface area contributed by atoms with Gasteiger partial charge in [-0.1, -0.05) is 28.4 Å². The second-order valence-corrected chi connectivity index (χ2v) is 3.75. The molecule has 0 radical (unpaired) electrons. The maximum atomic E-state index is 8.53. The van der Waals surface area contributed by atoms with Gasteiger partial charge in [0.05, 0.1) is 10.5 Å². The number of benzene rings is 1. The van der Waals surface area contributed by atoms with E-state index in [9.17, 15) is 0 Å². The Labute approximate surface area is 95.9 Å². The second-order valence-electron chi connectivity index (χ2n) is 2.95. The molecule has 2 aromatic rings. The van der Waals surface area contributed by atoms with Crippen molar-refractivity contribution in [2.45, 2.75) is 0 Å². The highest BCUT2D eigenvalue weighted by atomic mass is 35.5. The van der Waals surface area contributed by atoms with Crippen molar-refractivity contribution in [2.24, 2.45) is 5.16 Å². The Morgan fingerprint density at radius 2 is 2.13 bits per heavy atom. The quantitative estimate of drug-likeness (QED) is 0.473. The first-order valence-corrected chi connectivity index (χ1v) is 4.89. The van der Waals surface area contributed by atoms with E-state index in [1.165, 1.54) is 0 Å². The molecule has 0 aliphatic heterocycles. The van der Waals surface area contributed by atoms with Crippen LogP contribution < -0.4 is 0 Å². The van der Waals surface area contributed by atoms with E-state index in [4.69, 9.17) is 28.4 Å². The molecule has 1 aromatic heterocycles. The molecular formula is C10H6Cl2N2O. The van der Waals surface area contributed by atoms with Crippen LogP contribution in [0.2, 0.25) is 5.02 Å². The first-order chi connectivity index (χ1) is 7.20. The van der Waals surface area contributed by atoms with Crippen molar-refractivity contribution in [3.63, 3.8) is 0 Å². The molecule has 0 aliphatic carbocycles. The van der Waals surface area contributed by atoms with E-state index in [0.717, 1.165) is 10.9 Å². The summed E-state index contributed by atoms with van der Waals surface area (Å²) in [4.78, 5) is 4.13. The Kier molecular flexibility index (Phi) is 2.75. The predicted octanol–water partition coefficient (Wildman–Crippen LogP) is 3.26. The third-order valence-electron chi connectivity index (χ3n) is 1.97. The van der Waals surface area contributed by atoms with Crippen LogP contribution in [0.25, 0.3) is 10.9 Å². The number of fused-ring (bicyclic) bond motifs is 1. The molecule has 0 amide bonds. The molecule has 15 heavy (non-hydrogen) atoms. The molecule has 1 aromatic carbocycles. The van der Waals surface area contributed by atoms with Crippen LogP contribution in [0.1, 0.15) is 5.56 Å². The fourth-order valence-corrected chi connectivity index (χ4v) is 1.57. The molecule has 0 fully saturated rings. The maximum Gasteiger partial charge on any atom is 0.175 e. The Morgan fingerprint density at radius 1 is 1.33 bits per heavy atom. The molecule has 2 rings (SSSR count). The molecule has 0 spiro atoms. The van der Waals surface area contributed by atoms with E-state index in [2.05, 4.69) is 10.1 Å². The van der Waals surface area contributed by atoms with E-state index >= 15 is 0 Å². The van der Waals surface area contributed by atoms with Crippen molar-refractivity contribution in [1.82, 2.24) is 4.98 Å². The monoisotopic (exact) mass is 240 g/mol. The predicted molar refractivity (Wildman–Crippen MR) is 60.9 cm³/mol. The van der Waals surface area contributed by atoms with Crippen LogP contribution in [0.15, 0.2) is 35.6 Å². The smallest absolute Gasteiger partial charge is 0.175 e. The van der Waals surface area contributed by atoms with E-state index in [-0.39, 0.29) is 5.17 Å². The molecule has 3 nitrogen and oxygen atoms in total. The molecule has 1 heterocycles. The van der Waals surface area contributed by atoms with Gasteiger partial charge in [0.25, 0.3) is 0 Å². The van der Waals surface area contributed by atoms with Crippen LogP contribution in [0.5, 0.6) is 0 Å². The van der Waals surface area contributed by atoms with Crippen LogP contribution >= 0.6 is 23.2 Å². The molecule has 0 unspecified atom stereocenters. The van der Waals surface area contributed by atoms with Gasteiger partial charge in [-0.05, 0) is 24.3 Å².